The molecule has 1 N–H and O–H groups in total. The van der Waals surface area contributed by atoms with Crippen LogP contribution in [0.2, 0.25) is 0 Å². The fraction of sp³-hybridized carbons (Fsp3) is 0.636. The monoisotopic (exact) mass is 272 g/mol. The van der Waals surface area contributed by atoms with Gasteiger partial charge in [0.2, 0.25) is 0 Å². The molecule has 1 aliphatic rings. The van der Waals surface area contributed by atoms with E-state index in [9.17, 15) is 4.79 Å². The molecule has 2 heterocycles. The van der Waals surface area contributed by atoms with E-state index in [1.54, 1.807) is 0 Å². The Morgan fingerprint density at radius 3 is 3.28 bits per heavy atom. The molecule has 2 rings (SSSR count). The second-order valence-corrected chi connectivity index (χ2v) is 4.70. The standard InChI is InChI=1S/C11H16N2O4S/c1-15-10(14)4-8-7-18-11(13-8)12-5-9-6-16-2-3-17-9/h7,9H,2-6H2,1H3,(H,12,13). The Morgan fingerprint density at radius 1 is 1.67 bits per heavy atom. The predicted octanol–water partition coefficient (Wildman–Crippen LogP) is 0.686. The zero-order valence-electron chi connectivity index (χ0n) is 10.2. The average molecular weight is 272 g/mol. The van der Waals surface area contributed by atoms with Gasteiger partial charge in [-0.05, 0) is 0 Å². The molecular weight excluding hydrogens is 256 g/mol. The van der Waals surface area contributed by atoms with Gasteiger partial charge in [0.15, 0.2) is 5.13 Å². The van der Waals surface area contributed by atoms with Gasteiger partial charge in [0, 0.05) is 11.9 Å². The highest BCUT2D eigenvalue weighted by molar-refractivity contribution is 7.13. The molecule has 1 atom stereocenters. The van der Waals surface area contributed by atoms with Gasteiger partial charge in [-0.25, -0.2) is 4.98 Å². The highest BCUT2D eigenvalue weighted by atomic mass is 32.1. The Labute approximate surface area is 109 Å². The summed E-state index contributed by atoms with van der Waals surface area (Å²) < 4.78 is 15.4. The fourth-order valence-electron chi connectivity index (χ4n) is 1.55. The van der Waals surface area contributed by atoms with Gasteiger partial charge in [-0.3, -0.25) is 4.79 Å². The average Bonchev–Trinajstić information content (AvgIpc) is 2.85. The number of nitrogens with zero attached hydrogens (tertiary/aromatic N) is 1. The zero-order valence-corrected chi connectivity index (χ0v) is 11.0. The molecule has 0 saturated carbocycles. The largest absolute Gasteiger partial charge is 0.469 e. The molecule has 1 aromatic heterocycles. The fourth-order valence-corrected chi connectivity index (χ4v) is 2.27. The SMILES string of the molecule is COC(=O)Cc1csc(NCC2COCCO2)n1. The third kappa shape index (κ3) is 3.94. The van der Waals surface area contributed by atoms with Crippen LogP contribution in [0, 0.1) is 0 Å². The van der Waals surface area contributed by atoms with Crippen molar-refractivity contribution in [3.63, 3.8) is 0 Å². The summed E-state index contributed by atoms with van der Waals surface area (Å²) in [6.45, 7) is 2.56. The number of nitrogens with one attached hydrogen (secondary N) is 1. The molecule has 0 spiro atoms. The van der Waals surface area contributed by atoms with Gasteiger partial charge < -0.3 is 19.5 Å². The van der Waals surface area contributed by atoms with E-state index in [0.717, 1.165) is 10.8 Å². The summed E-state index contributed by atoms with van der Waals surface area (Å²) in [4.78, 5) is 15.4. The van der Waals surface area contributed by atoms with Gasteiger partial charge in [-0.1, -0.05) is 0 Å². The first-order valence-corrected chi connectivity index (χ1v) is 6.60. The van der Waals surface area contributed by atoms with E-state index in [1.807, 2.05) is 5.38 Å². The molecule has 1 saturated heterocycles. The quantitative estimate of drug-likeness (QED) is 0.795. The second kappa shape index (κ2) is 6.67. The van der Waals surface area contributed by atoms with Crippen LogP contribution in [0.5, 0.6) is 0 Å². The van der Waals surface area contributed by atoms with E-state index in [1.165, 1.54) is 18.4 Å². The van der Waals surface area contributed by atoms with Crippen molar-refractivity contribution in [2.24, 2.45) is 0 Å². The van der Waals surface area contributed by atoms with E-state index >= 15 is 0 Å². The molecule has 1 aromatic rings. The number of methoxy groups -OCH3 is 1. The van der Waals surface area contributed by atoms with E-state index in [4.69, 9.17) is 9.47 Å². The first kappa shape index (κ1) is 13.3. The van der Waals surface area contributed by atoms with Crippen LogP contribution in [0.4, 0.5) is 5.13 Å². The lowest BCUT2D eigenvalue weighted by atomic mass is 10.3. The molecule has 0 radical (unpaired) electrons. The summed E-state index contributed by atoms with van der Waals surface area (Å²) >= 11 is 1.46. The Balaban J connectivity index is 1.77. The summed E-state index contributed by atoms with van der Waals surface area (Å²) in [7, 11) is 1.37. The number of carbonyl (C=O) groups is 1. The zero-order chi connectivity index (χ0) is 12.8. The highest BCUT2D eigenvalue weighted by Crippen LogP contribution is 2.16. The first-order valence-electron chi connectivity index (χ1n) is 5.72. The van der Waals surface area contributed by atoms with Gasteiger partial charge in [-0.2, -0.15) is 0 Å². The molecule has 1 aliphatic heterocycles. The molecule has 0 aliphatic carbocycles. The molecule has 18 heavy (non-hydrogen) atoms. The lowest BCUT2D eigenvalue weighted by molar-refractivity contribution is -0.139. The van der Waals surface area contributed by atoms with Crippen molar-refractivity contribution >= 4 is 22.4 Å². The Morgan fingerprint density at radius 2 is 2.56 bits per heavy atom. The maximum atomic E-state index is 11.1. The van der Waals surface area contributed by atoms with Crippen molar-refractivity contribution in [1.29, 1.82) is 0 Å². The lowest BCUT2D eigenvalue weighted by Gasteiger charge is -2.22. The number of hydrogen-bond acceptors (Lipinski definition) is 7. The van der Waals surface area contributed by atoms with Crippen LogP contribution in [0.15, 0.2) is 5.38 Å². The lowest BCUT2D eigenvalue weighted by Crippen LogP contribution is -2.34. The van der Waals surface area contributed by atoms with Crippen molar-refractivity contribution in [1.82, 2.24) is 4.98 Å². The van der Waals surface area contributed by atoms with Gasteiger partial charge in [0.25, 0.3) is 0 Å². The normalized spacial score (nSPS) is 19.5. The van der Waals surface area contributed by atoms with Crippen LogP contribution in [0.25, 0.3) is 0 Å². The smallest absolute Gasteiger partial charge is 0.311 e. The van der Waals surface area contributed by atoms with Crippen LogP contribution in [0.3, 0.4) is 0 Å². The number of rotatable bonds is 5. The minimum atomic E-state index is -0.282. The maximum Gasteiger partial charge on any atom is 0.311 e. The summed E-state index contributed by atoms with van der Waals surface area (Å²) in [6.07, 6.45) is 0.268. The summed E-state index contributed by atoms with van der Waals surface area (Å²) in [6, 6.07) is 0. The Hall–Kier alpha value is -1.18. The summed E-state index contributed by atoms with van der Waals surface area (Å²) in [5, 5.41) is 5.80. The van der Waals surface area contributed by atoms with Crippen LogP contribution >= 0.6 is 11.3 Å². The van der Waals surface area contributed by atoms with Gasteiger partial charge >= 0.3 is 5.97 Å². The van der Waals surface area contributed by atoms with Crippen molar-refractivity contribution in [2.75, 3.05) is 38.8 Å². The predicted molar refractivity (Wildman–Crippen MR) is 66.9 cm³/mol. The molecule has 6 nitrogen and oxygen atoms in total. The molecule has 0 amide bonds. The minimum Gasteiger partial charge on any atom is -0.469 e. The number of aromatic nitrogens is 1. The third-order valence-electron chi connectivity index (χ3n) is 2.47. The van der Waals surface area contributed by atoms with Crippen molar-refractivity contribution < 1.29 is 19.0 Å². The number of esters is 1. The third-order valence-corrected chi connectivity index (χ3v) is 3.32. The minimum absolute atomic E-state index is 0.0618. The van der Waals surface area contributed by atoms with Gasteiger partial charge in [0.1, 0.15) is 0 Å². The van der Waals surface area contributed by atoms with Crippen molar-refractivity contribution in [3.8, 4) is 0 Å². The van der Waals surface area contributed by atoms with Crippen LogP contribution in [-0.4, -0.2) is 50.5 Å². The number of thiazole rings is 1. The van der Waals surface area contributed by atoms with Crippen molar-refractivity contribution in [2.45, 2.75) is 12.5 Å². The Kier molecular flexibility index (Phi) is 4.91. The number of carbonyl (C=O) groups excluding carboxylic acids is 1. The molecule has 0 aromatic carbocycles. The highest BCUT2D eigenvalue weighted by Gasteiger charge is 2.14. The van der Waals surface area contributed by atoms with E-state index < -0.39 is 0 Å². The number of anilines is 1. The molecule has 7 heteroatoms. The van der Waals surface area contributed by atoms with E-state index in [2.05, 4.69) is 15.0 Å². The molecular formula is C11H16N2O4S. The van der Waals surface area contributed by atoms with Gasteiger partial charge in [-0.15, -0.1) is 11.3 Å². The Bertz CT molecular complexity index is 390. The van der Waals surface area contributed by atoms with Crippen molar-refractivity contribution in [3.05, 3.63) is 11.1 Å². The number of ether oxygens (including phenoxy) is 3. The maximum absolute atomic E-state index is 11.1. The summed E-state index contributed by atoms with van der Waals surface area (Å²) in [5.74, 6) is -0.282. The summed E-state index contributed by atoms with van der Waals surface area (Å²) in [5.41, 5.74) is 0.718. The van der Waals surface area contributed by atoms with Crippen LogP contribution in [0.1, 0.15) is 5.69 Å². The van der Waals surface area contributed by atoms with Crippen LogP contribution < -0.4 is 5.32 Å². The molecule has 1 fully saturated rings. The first-order chi connectivity index (χ1) is 8.78. The number of hydrogen-bond donors (Lipinski definition) is 1. The van der Waals surface area contributed by atoms with E-state index in [0.29, 0.717) is 26.4 Å². The second-order valence-electron chi connectivity index (χ2n) is 3.85. The topological polar surface area (TPSA) is 69.7 Å². The van der Waals surface area contributed by atoms with E-state index in [-0.39, 0.29) is 18.5 Å². The molecule has 0 bridgehead atoms. The van der Waals surface area contributed by atoms with Gasteiger partial charge in [0.05, 0.1) is 45.1 Å². The van der Waals surface area contributed by atoms with Crippen LogP contribution in [-0.2, 0) is 25.4 Å². The molecule has 100 valence electrons. The molecule has 1 unspecified atom stereocenters.